The second kappa shape index (κ2) is 9.30. The highest BCUT2D eigenvalue weighted by atomic mass is 32.1. The zero-order valence-corrected chi connectivity index (χ0v) is 18.5. The molecule has 0 spiro atoms. The summed E-state index contributed by atoms with van der Waals surface area (Å²) in [6, 6.07) is 10.9. The first-order valence-corrected chi connectivity index (χ1v) is 10.8. The van der Waals surface area contributed by atoms with E-state index >= 15 is 0 Å². The molecule has 2 amide bonds. The van der Waals surface area contributed by atoms with Gasteiger partial charge in [-0.05, 0) is 12.1 Å². The normalized spacial score (nSPS) is 14.4. The Labute approximate surface area is 184 Å². The van der Waals surface area contributed by atoms with Crippen LogP contribution in [-0.2, 0) is 0 Å². The van der Waals surface area contributed by atoms with Crippen LogP contribution < -0.4 is 24.3 Å². The number of anilines is 1. The highest BCUT2D eigenvalue weighted by Crippen LogP contribution is 2.32. The van der Waals surface area contributed by atoms with Crippen molar-refractivity contribution in [3.63, 3.8) is 0 Å². The summed E-state index contributed by atoms with van der Waals surface area (Å²) in [6.07, 6.45) is 1.52. The van der Waals surface area contributed by atoms with E-state index in [2.05, 4.69) is 10.3 Å². The van der Waals surface area contributed by atoms with Gasteiger partial charge in [-0.1, -0.05) is 11.3 Å². The maximum Gasteiger partial charge on any atom is 0.321 e. The number of carbonyl (C=O) groups is 1. The molecule has 1 aromatic heterocycles. The van der Waals surface area contributed by atoms with Crippen LogP contribution >= 0.6 is 11.3 Å². The molecule has 0 bridgehead atoms. The fraction of sp³-hybridized carbons (Fsp3) is 0.364. The molecule has 2 aromatic carbocycles. The summed E-state index contributed by atoms with van der Waals surface area (Å²) in [5.74, 6) is 2.02. The third-order valence-corrected chi connectivity index (χ3v) is 6.10. The minimum absolute atomic E-state index is 0.0309. The topological polar surface area (TPSA) is 82.2 Å². The van der Waals surface area contributed by atoms with Crippen molar-refractivity contribution in [2.24, 2.45) is 0 Å². The lowest BCUT2D eigenvalue weighted by Gasteiger charge is -2.31. The van der Waals surface area contributed by atoms with Gasteiger partial charge in [-0.2, -0.15) is 0 Å². The number of thiazole rings is 1. The molecule has 0 unspecified atom stereocenters. The fourth-order valence-electron chi connectivity index (χ4n) is 3.46. The van der Waals surface area contributed by atoms with Crippen LogP contribution in [0.15, 0.2) is 36.4 Å². The van der Waals surface area contributed by atoms with E-state index in [1.165, 1.54) is 11.3 Å². The van der Waals surface area contributed by atoms with Crippen LogP contribution in [0.3, 0.4) is 0 Å². The molecule has 3 aromatic rings. The third kappa shape index (κ3) is 4.93. The Morgan fingerprint density at radius 2 is 1.68 bits per heavy atom. The van der Waals surface area contributed by atoms with Crippen molar-refractivity contribution in [1.82, 2.24) is 9.88 Å². The van der Waals surface area contributed by atoms with Gasteiger partial charge in [0.2, 0.25) is 0 Å². The zero-order valence-electron chi connectivity index (χ0n) is 17.7. The number of ether oxygens (including phenoxy) is 4. The second-order valence-electron chi connectivity index (χ2n) is 7.15. The highest BCUT2D eigenvalue weighted by molar-refractivity contribution is 7.20. The maximum atomic E-state index is 12.7. The standard InChI is InChI=1S/C22H25N3O5S/c1-27-16-4-5-20-19(13-16)24-22(31-20)30-15-6-8-25(9-7-15)21(26)23-14-10-17(28-2)12-18(11-14)29-3/h4-5,10-13,15H,6-9H2,1-3H3,(H,23,26). The molecule has 0 aliphatic carbocycles. The number of nitrogens with zero attached hydrogens (tertiary/aromatic N) is 2. The summed E-state index contributed by atoms with van der Waals surface area (Å²) < 4.78 is 22.9. The average Bonchev–Trinajstić information content (AvgIpc) is 3.20. The molecule has 164 valence electrons. The number of hydrogen-bond donors (Lipinski definition) is 1. The SMILES string of the molecule is COc1cc(NC(=O)N2CCC(Oc3nc4cc(OC)ccc4s3)CC2)cc(OC)c1. The Morgan fingerprint density at radius 3 is 2.32 bits per heavy atom. The van der Waals surface area contributed by atoms with E-state index in [9.17, 15) is 4.79 Å². The van der Waals surface area contributed by atoms with Crippen molar-refractivity contribution >= 4 is 33.3 Å². The van der Waals surface area contributed by atoms with Crippen molar-refractivity contribution in [2.75, 3.05) is 39.7 Å². The predicted molar refractivity (Wildman–Crippen MR) is 120 cm³/mol. The van der Waals surface area contributed by atoms with E-state index in [1.54, 1.807) is 44.4 Å². The van der Waals surface area contributed by atoms with Crippen LogP contribution in [0.1, 0.15) is 12.8 Å². The van der Waals surface area contributed by atoms with E-state index < -0.39 is 0 Å². The second-order valence-corrected chi connectivity index (χ2v) is 8.14. The summed E-state index contributed by atoms with van der Waals surface area (Å²) >= 11 is 1.52. The molecule has 0 atom stereocenters. The number of carbonyl (C=O) groups excluding carboxylic acids is 1. The molecule has 1 aliphatic heterocycles. The lowest BCUT2D eigenvalue weighted by Crippen LogP contribution is -2.43. The first-order chi connectivity index (χ1) is 15.1. The van der Waals surface area contributed by atoms with Gasteiger partial charge in [0.25, 0.3) is 5.19 Å². The summed E-state index contributed by atoms with van der Waals surface area (Å²) in [6.45, 7) is 1.21. The molecule has 1 fully saturated rings. The molecule has 31 heavy (non-hydrogen) atoms. The van der Waals surface area contributed by atoms with E-state index in [0.29, 0.717) is 35.5 Å². The van der Waals surface area contributed by atoms with Gasteiger partial charge in [0.05, 0.1) is 31.5 Å². The number of nitrogens with one attached hydrogen (secondary N) is 1. The van der Waals surface area contributed by atoms with Crippen LogP contribution in [0, 0.1) is 0 Å². The molecule has 1 saturated heterocycles. The zero-order chi connectivity index (χ0) is 21.8. The monoisotopic (exact) mass is 443 g/mol. The van der Waals surface area contributed by atoms with Crippen LogP contribution in [0.4, 0.5) is 10.5 Å². The quantitative estimate of drug-likeness (QED) is 0.608. The van der Waals surface area contributed by atoms with Crippen LogP contribution in [0.5, 0.6) is 22.4 Å². The van der Waals surface area contributed by atoms with Crippen molar-refractivity contribution in [3.8, 4) is 22.4 Å². The Kier molecular flexibility index (Phi) is 6.31. The Bertz CT molecular complexity index is 1040. The van der Waals surface area contributed by atoms with Gasteiger partial charge in [-0.3, -0.25) is 0 Å². The number of rotatable bonds is 6. The highest BCUT2D eigenvalue weighted by Gasteiger charge is 2.25. The van der Waals surface area contributed by atoms with Gasteiger partial charge < -0.3 is 29.2 Å². The number of benzene rings is 2. The number of urea groups is 1. The first-order valence-electron chi connectivity index (χ1n) is 9.98. The molecule has 0 saturated carbocycles. The molecule has 4 rings (SSSR count). The molecule has 1 aliphatic rings. The molecule has 9 heteroatoms. The van der Waals surface area contributed by atoms with E-state index in [4.69, 9.17) is 18.9 Å². The molecular formula is C22H25N3O5S. The number of aromatic nitrogens is 1. The maximum absolute atomic E-state index is 12.7. The van der Waals surface area contributed by atoms with Gasteiger partial charge in [-0.25, -0.2) is 9.78 Å². The third-order valence-electron chi connectivity index (χ3n) is 5.17. The lowest BCUT2D eigenvalue weighted by atomic mass is 10.1. The number of hydrogen-bond acceptors (Lipinski definition) is 7. The Hall–Kier alpha value is -3.20. The summed E-state index contributed by atoms with van der Waals surface area (Å²) in [5, 5.41) is 3.57. The van der Waals surface area contributed by atoms with Gasteiger partial charge in [0, 0.05) is 55.9 Å². The largest absolute Gasteiger partial charge is 0.497 e. The minimum Gasteiger partial charge on any atom is -0.497 e. The van der Waals surface area contributed by atoms with Gasteiger partial charge >= 0.3 is 6.03 Å². The van der Waals surface area contributed by atoms with Gasteiger partial charge in [0.1, 0.15) is 23.4 Å². The van der Waals surface area contributed by atoms with E-state index in [-0.39, 0.29) is 12.1 Å². The number of fused-ring (bicyclic) bond motifs is 1. The molecule has 2 heterocycles. The van der Waals surface area contributed by atoms with Crippen molar-refractivity contribution in [2.45, 2.75) is 18.9 Å². The van der Waals surface area contributed by atoms with Crippen LogP contribution in [0.25, 0.3) is 10.2 Å². The Morgan fingerprint density at radius 1 is 1.00 bits per heavy atom. The summed E-state index contributed by atoms with van der Waals surface area (Å²) in [4.78, 5) is 19.0. The Balaban J connectivity index is 1.33. The first kappa shape index (κ1) is 21.0. The van der Waals surface area contributed by atoms with Crippen molar-refractivity contribution < 1.29 is 23.7 Å². The number of likely N-dealkylation sites (tertiary alicyclic amines) is 1. The summed E-state index contributed by atoms with van der Waals surface area (Å²) in [7, 11) is 4.79. The molecule has 8 nitrogen and oxygen atoms in total. The van der Waals surface area contributed by atoms with Crippen LogP contribution in [0.2, 0.25) is 0 Å². The molecule has 1 N–H and O–H groups in total. The average molecular weight is 444 g/mol. The minimum atomic E-state index is -0.152. The van der Waals surface area contributed by atoms with Crippen LogP contribution in [-0.4, -0.2) is 56.4 Å². The van der Waals surface area contributed by atoms with Gasteiger partial charge in [0.15, 0.2) is 0 Å². The number of piperidine rings is 1. The lowest BCUT2D eigenvalue weighted by molar-refractivity contribution is 0.115. The fourth-order valence-corrected chi connectivity index (χ4v) is 4.33. The van der Waals surface area contributed by atoms with Gasteiger partial charge in [-0.15, -0.1) is 0 Å². The number of methoxy groups -OCH3 is 3. The smallest absolute Gasteiger partial charge is 0.321 e. The van der Waals surface area contributed by atoms with E-state index in [1.807, 2.05) is 18.2 Å². The molecule has 0 radical (unpaired) electrons. The molecular weight excluding hydrogens is 418 g/mol. The van der Waals surface area contributed by atoms with E-state index in [0.717, 1.165) is 28.8 Å². The van der Waals surface area contributed by atoms with Crippen molar-refractivity contribution in [3.05, 3.63) is 36.4 Å². The summed E-state index contributed by atoms with van der Waals surface area (Å²) in [5.41, 5.74) is 1.49. The van der Waals surface area contributed by atoms with Crippen molar-refractivity contribution in [1.29, 1.82) is 0 Å². The number of amides is 2. The predicted octanol–water partition coefficient (Wildman–Crippen LogP) is 4.40.